The number of rotatable bonds is 8. The zero-order valence-corrected chi connectivity index (χ0v) is 20.2. The Bertz CT molecular complexity index is 1340. The van der Waals surface area contributed by atoms with E-state index in [1.165, 1.54) is 0 Å². The third-order valence-corrected chi connectivity index (χ3v) is 5.61. The van der Waals surface area contributed by atoms with Gasteiger partial charge in [0.1, 0.15) is 17.9 Å². The van der Waals surface area contributed by atoms with Crippen molar-refractivity contribution < 1.29 is 14.3 Å². The van der Waals surface area contributed by atoms with E-state index in [2.05, 4.69) is 15.6 Å². The number of hydrogen-bond donors (Lipinski definition) is 2. The van der Waals surface area contributed by atoms with Crippen LogP contribution in [-0.4, -0.2) is 16.8 Å². The predicted octanol–water partition coefficient (Wildman–Crippen LogP) is 5.94. The molecule has 1 heterocycles. The van der Waals surface area contributed by atoms with Crippen LogP contribution >= 0.6 is 0 Å². The molecule has 0 unspecified atom stereocenters. The molecule has 0 atom stereocenters. The summed E-state index contributed by atoms with van der Waals surface area (Å²) in [7, 11) is 0. The first kappa shape index (κ1) is 24.4. The topological polar surface area (TPSA) is 80.3 Å². The van der Waals surface area contributed by atoms with Crippen LogP contribution in [0, 0.1) is 13.8 Å². The maximum Gasteiger partial charge on any atom is 0.261 e. The van der Waals surface area contributed by atoms with E-state index in [4.69, 9.17) is 4.74 Å². The number of carbonyl (C=O) groups is 2. The third-order valence-electron chi connectivity index (χ3n) is 5.61. The fourth-order valence-corrected chi connectivity index (χ4v) is 3.57. The second-order valence-corrected chi connectivity index (χ2v) is 8.28. The molecule has 6 nitrogen and oxygen atoms in total. The van der Waals surface area contributed by atoms with Gasteiger partial charge in [-0.2, -0.15) is 0 Å². The number of ether oxygens (including phenoxy) is 1. The first-order valence-corrected chi connectivity index (χ1v) is 11.6. The number of benzene rings is 3. The Kier molecular flexibility index (Phi) is 7.88. The lowest BCUT2D eigenvalue weighted by atomic mass is 10.1. The van der Waals surface area contributed by atoms with Crippen LogP contribution in [-0.2, 0) is 16.2 Å². The highest BCUT2D eigenvalue weighted by molar-refractivity contribution is 6.29. The number of carbonyl (C=O) groups excluding carboxylic acids is 2. The number of nitrogens with zero attached hydrogens (tertiary/aromatic N) is 1. The van der Waals surface area contributed by atoms with E-state index in [1.54, 1.807) is 42.7 Å². The van der Waals surface area contributed by atoms with E-state index in [0.29, 0.717) is 29.3 Å². The molecule has 2 amide bonds. The van der Waals surface area contributed by atoms with Crippen LogP contribution in [0.1, 0.15) is 22.3 Å². The van der Waals surface area contributed by atoms with E-state index in [0.717, 1.165) is 16.7 Å². The van der Waals surface area contributed by atoms with Crippen LogP contribution in [0.5, 0.6) is 5.75 Å². The van der Waals surface area contributed by atoms with Crippen LogP contribution in [0.4, 0.5) is 11.4 Å². The maximum absolute atomic E-state index is 13.4. The maximum atomic E-state index is 13.4. The second kappa shape index (κ2) is 11.6. The number of anilines is 2. The Balaban J connectivity index is 1.66. The molecule has 36 heavy (non-hydrogen) atoms. The van der Waals surface area contributed by atoms with Gasteiger partial charge >= 0.3 is 0 Å². The molecule has 0 saturated carbocycles. The number of pyridine rings is 1. The van der Waals surface area contributed by atoms with Crippen molar-refractivity contribution in [2.75, 3.05) is 10.6 Å². The Morgan fingerprint density at radius 1 is 0.778 bits per heavy atom. The smallest absolute Gasteiger partial charge is 0.261 e. The molecule has 2 N–H and O–H groups in total. The van der Waals surface area contributed by atoms with Crippen molar-refractivity contribution in [1.82, 2.24) is 4.98 Å². The highest BCUT2D eigenvalue weighted by Gasteiger charge is 2.21. The summed E-state index contributed by atoms with van der Waals surface area (Å²) in [4.78, 5) is 30.9. The lowest BCUT2D eigenvalue weighted by Crippen LogP contribution is -2.26. The van der Waals surface area contributed by atoms with Crippen molar-refractivity contribution in [2.24, 2.45) is 0 Å². The SMILES string of the molecule is Cc1ccccc1NC(=O)C(=Cc1ccccc1OCc1cccnc1)C(=O)Nc1ccccc1C. The van der Waals surface area contributed by atoms with Gasteiger partial charge in [-0.25, -0.2) is 0 Å². The summed E-state index contributed by atoms with van der Waals surface area (Å²) in [6.07, 6.45) is 4.99. The minimum atomic E-state index is -0.516. The number of aryl methyl sites for hydroxylation is 2. The molecular formula is C30H27N3O3. The molecule has 0 bridgehead atoms. The summed E-state index contributed by atoms with van der Waals surface area (Å²) < 4.78 is 6.01. The lowest BCUT2D eigenvalue weighted by Gasteiger charge is -2.14. The minimum Gasteiger partial charge on any atom is -0.488 e. The molecule has 0 radical (unpaired) electrons. The van der Waals surface area contributed by atoms with E-state index in [-0.39, 0.29) is 5.57 Å². The second-order valence-electron chi connectivity index (χ2n) is 8.28. The molecule has 0 aliphatic rings. The van der Waals surface area contributed by atoms with E-state index >= 15 is 0 Å². The van der Waals surface area contributed by atoms with Gasteiger partial charge in [-0.1, -0.05) is 60.7 Å². The summed E-state index contributed by atoms with van der Waals surface area (Å²) in [5, 5.41) is 5.74. The Morgan fingerprint density at radius 2 is 1.36 bits per heavy atom. The molecule has 0 spiro atoms. The summed E-state index contributed by atoms with van der Waals surface area (Å²) >= 11 is 0. The lowest BCUT2D eigenvalue weighted by molar-refractivity contribution is -0.118. The molecule has 3 aromatic carbocycles. The van der Waals surface area contributed by atoms with Crippen molar-refractivity contribution in [1.29, 1.82) is 0 Å². The number of aromatic nitrogens is 1. The molecule has 4 aromatic rings. The van der Waals surface area contributed by atoms with Gasteiger partial charge in [-0.05, 0) is 55.3 Å². The van der Waals surface area contributed by atoms with Gasteiger partial charge in [0.2, 0.25) is 0 Å². The molecule has 0 saturated heterocycles. The molecule has 4 rings (SSSR count). The molecule has 6 heteroatoms. The highest BCUT2D eigenvalue weighted by atomic mass is 16.5. The molecule has 0 aliphatic heterocycles. The fourth-order valence-electron chi connectivity index (χ4n) is 3.57. The average molecular weight is 478 g/mol. The first-order chi connectivity index (χ1) is 17.5. The van der Waals surface area contributed by atoms with Crippen LogP contribution < -0.4 is 15.4 Å². The number of nitrogens with one attached hydrogen (secondary N) is 2. The minimum absolute atomic E-state index is 0.0427. The van der Waals surface area contributed by atoms with Crippen LogP contribution in [0.15, 0.2) is 103 Å². The van der Waals surface area contributed by atoms with E-state index < -0.39 is 11.8 Å². The number of amides is 2. The van der Waals surface area contributed by atoms with Gasteiger partial charge in [0.05, 0.1) is 0 Å². The van der Waals surface area contributed by atoms with Crippen LogP contribution in [0.3, 0.4) is 0 Å². The van der Waals surface area contributed by atoms with Crippen LogP contribution in [0.2, 0.25) is 0 Å². The standard InChI is InChI=1S/C30H27N3O3/c1-21-10-3-6-14-26(21)32-29(34)25(30(35)33-27-15-7-4-11-22(27)2)18-24-13-5-8-16-28(24)36-20-23-12-9-17-31-19-23/h3-19H,20H2,1-2H3,(H,32,34)(H,33,35). The summed E-state index contributed by atoms with van der Waals surface area (Å²) in [6, 6.07) is 25.9. The van der Waals surface area contributed by atoms with Crippen LogP contribution in [0.25, 0.3) is 6.08 Å². The van der Waals surface area contributed by atoms with E-state index in [9.17, 15) is 9.59 Å². The number of hydrogen-bond acceptors (Lipinski definition) is 4. The van der Waals surface area contributed by atoms with Gasteiger partial charge in [-0.15, -0.1) is 0 Å². The van der Waals surface area contributed by atoms with Gasteiger partial charge in [0, 0.05) is 34.9 Å². The van der Waals surface area contributed by atoms with E-state index in [1.807, 2.05) is 74.5 Å². The van der Waals surface area contributed by atoms with Crippen molar-refractivity contribution in [2.45, 2.75) is 20.5 Å². The Hall–Kier alpha value is -4.71. The van der Waals surface area contributed by atoms with Crippen molar-refractivity contribution >= 4 is 29.3 Å². The molecule has 1 aromatic heterocycles. The van der Waals surface area contributed by atoms with Crippen molar-refractivity contribution in [3.63, 3.8) is 0 Å². The predicted molar refractivity (Wildman–Crippen MR) is 143 cm³/mol. The Morgan fingerprint density at radius 3 is 1.94 bits per heavy atom. The third kappa shape index (κ3) is 6.24. The monoisotopic (exact) mass is 477 g/mol. The van der Waals surface area contributed by atoms with Gasteiger partial charge < -0.3 is 15.4 Å². The van der Waals surface area contributed by atoms with Gasteiger partial charge in [0.15, 0.2) is 0 Å². The molecular weight excluding hydrogens is 450 g/mol. The van der Waals surface area contributed by atoms with Crippen molar-refractivity contribution in [3.05, 3.63) is 125 Å². The largest absolute Gasteiger partial charge is 0.488 e. The molecule has 0 aliphatic carbocycles. The summed E-state index contributed by atoms with van der Waals surface area (Å²) in [5.74, 6) is -0.485. The normalized spacial score (nSPS) is 10.3. The summed E-state index contributed by atoms with van der Waals surface area (Å²) in [6.45, 7) is 4.10. The number of para-hydroxylation sites is 3. The molecule has 0 fully saturated rings. The average Bonchev–Trinajstić information content (AvgIpc) is 2.89. The zero-order chi connectivity index (χ0) is 25.3. The Labute approximate surface area is 210 Å². The first-order valence-electron chi connectivity index (χ1n) is 11.6. The fraction of sp³-hybridized carbons (Fsp3) is 0.100. The molecule has 180 valence electrons. The van der Waals surface area contributed by atoms with Gasteiger partial charge in [0.25, 0.3) is 11.8 Å². The summed E-state index contributed by atoms with van der Waals surface area (Å²) in [5.41, 5.74) is 4.53. The quantitative estimate of drug-likeness (QED) is 0.187. The zero-order valence-electron chi connectivity index (χ0n) is 20.2. The highest BCUT2D eigenvalue weighted by Crippen LogP contribution is 2.24. The van der Waals surface area contributed by atoms with Crippen molar-refractivity contribution in [3.8, 4) is 5.75 Å². The van der Waals surface area contributed by atoms with Gasteiger partial charge in [-0.3, -0.25) is 14.6 Å².